The number of allylic oxidation sites excluding steroid dienone is 3. The monoisotopic (exact) mass is 346 g/mol. The van der Waals surface area contributed by atoms with Crippen molar-refractivity contribution >= 4 is 5.70 Å². The predicted molar refractivity (Wildman–Crippen MR) is 109 cm³/mol. The zero-order valence-corrected chi connectivity index (χ0v) is 16.0. The summed E-state index contributed by atoms with van der Waals surface area (Å²) in [6.07, 6.45) is 8.90. The largest absolute Gasteiger partial charge is 0.355 e. The lowest BCUT2D eigenvalue weighted by molar-refractivity contribution is 0.185. The molecule has 0 atom stereocenters. The van der Waals surface area contributed by atoms with Crippen molar-refractivity contribution in [1.29, 1.82) is 0 Å². The number of benzene rings is 1. The fourth-order valence-electron chi connectivity index (χ4n) is 5.31. The molecule has 26 heavy (non-hydrogen) atoms. The third-order valence-electron chi connectivity index (χ3n) is 6.94. The molecule has 0 unspecified atom stereocenters. The van der Waals surface area contributed by atoms with Crippen LogP contribution in [0.5, 0.6) is 0 Å². The summed E-state index contributed by atoms with van der Waals surface area (Å²) in [5.74, 6) is 0.897. The fourth-order valence-corrected chi connectivity index (χ4v) is 5.31. The van der Waals surface area contributed by atoms with Crippen LogP contribution in [0.4, 0.5) is 0 Å². The molecule has 1 fully saturated rings. The van der Waals surface area contributed by atoms with Crippen molar-refractivity contribution in [3.63, 3.8) is 0 Å². The molecule has 2 heteroatoms. The van der Waals surface area contributed by atoms with Gasteiger partial charge < -0.3 is 5.32 Å². The number of fused-ring (bicyclic) bond motifs is 3. The van der Waals surface area contributed by atoms with E-state index in [1.165, 1.54) is 74.0 Å². The Morgan fingerprint density at radius 3 is 2.65 bits per heavy atom. The molecule has 0 spiro atoms. The molecule has 4 aliphatic rings. The minimum Gasteiger partial charge on any atom is -0.355 e. The molecule has 2 aliphatic heterocycles. The summed E-state index contributed by atoms with van der Waals surface area (Å²) in [6.45, 7) is 10.4. The second kappa shape index (κ2) is 6.42. The van der Waals surface area contributed by atoms with E-state index in [1.54, 1.807) is 16.7 Å². The third-order valence-corrected chi connectivity index (χ3v) is 6.94. The summed E-state index contributed by atoms with van der Waals surface area (Å²) < 4.78 is 0. The predicted octanol–water partition coefficient (Wildman–Crippen LogP) is 5.17. The number of piperidine rings is 1. The Balaban J connectivity index is 1.45. The summed E-state index contributed by atoms with van der Waals surface area (Å²) in [4.78, 5) is 2.66. The van der Waals surface area contributed by atoms with E-state index in [0.29, 0.717) is 0 Å². The second-order valence-electron chi connectivity index (χ2n) is 8.70. The normalized spacial score (nSPS) is 23.7. The molecule has 2 nitrogen and oxygen atoms in total. The number of hydrogen-bond donors (Lipinski definition) is 1. The van der Waals surface area contributed by atoms with Crippen molar-refractivity contribution in [3.05, 3.63) is 63.9 Å². The van der Waals surface area contributed by atoms with Crippen LogP contribution < -0.4 is 5.32 Å². The van der Waals surface area contributed by atoms with Crippen molar-refractivity contribution in [2.45, 2.75) is 58.4 Å². The quantitative estimate of drug-likeness (QED) is 0.794. The van der Waals surface area contributed by atoms with E-state index in [9.17, 15) is 0 Å². The first-order chi connectivity index (χ1) is 12.7. The highest BCUT2D eigenvalue weighted by atomic mass is 15.1. The lowest BCUT2D eigenvalue weighted by Crippen LogP contribution is -2.32. The van der Waals surface area contributed by atoms with E-state index in [2.05, 4.69) is 41.9 Å². The molecule has 1 aromatic rings. The average molecular weight is 347 g/mol. The molecule has 0 bridgehead atoms. The molecule has 136 valence electrons. The standard InChI is InChI=1S/C24H30N2/c1-16-10-12-26(13-11-16)15-18-6-5-9-21-22(18)14-23-20-8-4-3-7-19(20)17(2)25-24(21)23/h5-6,9,16,25H,2-4,7-8,10-15H2,1H3. The van der Waals surface area contributed by atoms with Crippen molar-refractivity contribution in [2.75, 3.05) is 13.1 Å². The number of nitrogens with zero attached hydrogens (tertiary/aromatic N) is 1. The van der Waals surface area contributed by atoms with Gasteiger partial charge in [-0.05, 0) is 85.4 Å². The van der Waals surface area contributed by atoms with Gasteiger partial charge in [0.15, 0.2) is 0 Å². The summed E-state index contributed by atoms with van der Waals surface area (Å²) in [6, 6.07) is 6.93. The van der Waals surface area contributed by atoms with E-state index >= 15 is 0 Å². The van der Waals surface area contributed by atoms with Crippen molar-refractivity contribution < 1.29 is 0 Å². The molecule has 1 aromatic carbocycles. The summed E-state index contributed by atoms with van der Waals surface area (Å²) in [5.41, 5.74) is 11.7. The summed E-state index contributed by atoms with van der Waals surface area (Å²) in [7, 11) is 0. The molecule has 1 saturated heterocycles. The van der Waals surface area contributed by atoms with Gasteiger partial charge in [-0.15, -0.1) is 0 Å². The lowest BCUT2D eigenvalue weighted by Gasteiger charge is -2.30. The Hall–Kier alpha value is -1.80. The molecule has 1 N–H and O–H groups in total. The van der Waals surface area contributed by atoms with E-state index in [4.69, 9.17) is 0 Å². The van der Waals surface area contributed by atoms with Gasteiger partial charge in [-0.3, -0.25) is 4.90 Å². The Morgan fingerprint density at radius 2 is 1.85 bits per heavy atom. The molecule has 2 aliphatic carbocycles. The molecule has 5 rings (SSSR count). The third kappa shape index (κ3) is 2.66. The maximum absolute atomic E-state index is 4.34. The highest BCUT2D eigenvalue weighted by Gasteiger charge is 2.32. The Morgan fingerprint density at radius 1 is 1.08 bits per heavy atom. The van der Waals surface area contributed by atoms with Crippen LogP contribution in [-0.2, 0) is 13.0 Å². The van der Waals surface area contributed by atoms with Gasteiger partial charge in [-0.1, -0.05) is 31.7 Å². The Labute approximate surface area is 157 Å². The van der Waals surface area contributed by atoms with Crippen LogP contribution in [0.15, 0.2) is 47.2 Å². The molecule has 0 saturated carbocycles. The summed E-state index contributed by atoms with van der Waals surface area (Å²) in [5, 5.41) is 3.68. The average Bonchev–Trinajstić information content (AvgIpc) is 3.04. The van der Waals surface area contributed by atoms with E-state index < -0.39 is 0 Å². The lowest BCUT2D eigenvalue weighted by atomic mass is 9.83. The second-order valence-corrected chi connectivity index (χ2v) is 8.70. The van der Waals surface area contributed by atoms with E-state index in [-0.39, 0.29) is 0 Å². The first-order valence-corrected chi connectivity index (χ1v) is 10.5. The topological polar surface area (TPSA) is 15.3 Å². The van der Waals surface area contributed by atoms with Crippen molar-refractivity contribution in [2.24, 2.45) is 5.92 Å². The minimum absolute atomic E-state index is 0.897. The van der Waals surface area contributed by atoms with Gasteiger partial charge in [0.05, 0.1) is 0 Å². The van der Waals surface area contributed by atoms with Gasteiger partial charge in [0.25, 0.3) is 0 Å². The van der Waals surface area contributed by atoms with Crippen LogP contribution in [-0.4, -0.2) is 18.0 Å². The molecular weight excluding hydrogens is 316 g/mol. The van der Waals surface area contributed by atoms with E-state index in [0.717, 1.165) is 24.6 Å². The van der Waals surface area contributed by atoms with Crippen molar-refractivity contribution in [3.8, 4) is 0 Å². The van der Waals surface area contributed by atoms with Crippen LogP contribution >= 0.6 is 0 Å². The molecule has 0 radical (unpaired) electrons. The molecule has 0 amide bonds. The molecular formula is C24H30N2. The number of dihydropyridines is 1. The first kappa shape index (κ1) is 16.4. The number of nitrogens with one attached hydrogen (secondary N) is 1. The number of hydrogen-bond acceptors (Lipinski definition) is 2. The SMILES string of the molecule is C=C1NC2=C(Cc3c(CN4CCC(C)CC4)cccc32)C2=C1CCCC2. The zero-order valence-electron chi connectivity index (χ0n) is 16.0. The molecule has 2 heterocycles. The highest BCUT2D eigenvalue weighted by Crippen LogP contribution is 2.46. The molecule has 0 aromatic heterocycles. The highest BCUT2D eigenvalue weighted by molar-refractivity contribution is 5.83. The van der Waals surface area contributed by atoms with Crippen LogP contribution in [0.3, 0.4) is 0 Å². The maximum Gasteiger partial charge on any atom is 0.0499 e. The van der Waals surface area contributed by atoms with Gasteiger partial charge in [0.1, 0.15) is 0 Å². The van der Waals surface area contributed by atoms with Gasteiger partial charge >= 0.3 is 0 Å². The van der Waals surface area contributed by atoms with Gasteiger partial charge in [0.2, 0.25) is 0 Å². The van der Waals surface area contributed by atoms with Crippen LogP contribution in [0.2, 0.25) is 0 Å². The van der Waals surface area contributed by atoms with Gasteiger partial charge in [-0.25, -0.2) is 0 Å². The van der Waals surface area contributed by atoms with Gasteiger partial charge in [0, 0.05) is 29.9 Å². The van der Waals surface area contributed by atoms with Crippen LogP contribution in [0.25, 0.3) is 5.70 Å². The van der Waals surface area contributed by atoms with Crippen LogP contribution in [0.1, 0.15) is 62.1 Å². The zero-order chi connectivity index (χ0) is 17.7. The maximum atomic E-state index is 4.34. The van der Waals surface area contributed by atoms with Gasteiger partial charge in [-0.2, -0.15) is 0 Å². The number of rotatable bonds is 2. The fraction of sp³-hybridized carbons (Fsp3) is 0.500. The number of likely N-dealkylation sites (tertiary alicyclic amines) is 1. The van der Waals surface area contributed by atoms with E-state index in [1.807, 2.05) is 0 Å². The van der Waals surface area contributed by atoms with Crippen LogP contribution in [0, 0.1) is 5.92 Å². The summed E-state index contributed by atoms with van der Waals surface area (Å²) >= 11 is 0. The minimum atomic E-state index is 0.897. The smallest absolute Gasteiger partial charge is 0.0499 e. The Bertz CT molecular complexity index is 819. The first-order valence-electron chi connectivity index (χ1n) is 10.5. The Kier molecular flexibility index (Phi) is 4.04. The van der Waals surface area contributed by atoms with Crippen molar-refractivity contribution in [1.82, 2.24) is 10.2 Å².